The molecule has 0 aromatic heterocycles. The highest BCUT2D eigenvalue weighted by Gasteiger charge is 2.57. The van der Waals surface area contributed by atoms with Gasteiger partial charge in [-0.2, -0.15) is 0 Å². The molecular weight excluding hydrogens is 268 g/mol. The highest BCUT2D eigenvalue weighted by Crippen LogP contribution is 2.66. The third kappa shape index (κ3) is 2.21. The smallest absolute Gasteiger partial charge is 0.0578 e. The number of hydrogen-bond acceptors (Lipinski definition) is 1. The van der Waals surface area contributed by atoms with Crippen LogP contribution in [-0.2, 0) is 4.74 Å². The lowest BCUT2D eigenvalue weighted by Crippen LogP contribution is -2.53. The molecule has 4 fully saturated rings. The molecule has 0 heterocycles. The standard InChI is InChI=1S/C21H36O/c1-4-22-16-9-13-21(3)15(14-16)7-8-17-18-6-5-11-20(18,2)12-10-19(17)21/h15-19H,4-14H2,1-3H3/t15-,16+,17-,18-,19+,20-,21-/m0/s1. The topological polar surface area (TPSA) is 9.23 Å². The van der Waals surface area contributed by atoms with Crippen LogP contribution in [0.3, 0.4) is 0 Å². The Morgan fingerprint density at radius 3 is 2.59 bits per heavy atom. The van der Waals surface area contributed by atoms with Crippen LogP contribution in [0.25, 0.3) is 0 Å². The monoisotopic (exact) mass is 304 g/mol. The van der Waals surface area contributed by atoms with Crippen molar-refractivity contribution in [1.82, 2.24) is 0 Å². The molecule has 4 aliphatic rings. The maximum atomic E-state index is 6.00. The molecule has 0 aromatic rings. The molecule has 4 saturated carbocycles. The van der Waals surface area contributed by atoms with Gasteiger partial charge in [-0.25, -0.2) is 0 Å². The van der Waals surface area contributed by atoms with Crippen molar-refractivity contribution >= 4 is 0 Å². The van der Waals surface area contributed by atoms with Gasteiger partial charge in [-0.3, -0.25) is 0 Å². The number of hydrogen-bond donors (Lipinski definition) is 0. The molecule has 22 heavy (non-hydrogen) atoms. The summed E-state index contributed by atoms with van der Waals surface area (Å²) in [6, 6.07) is 0. The van der Waals surface area contributed by atoms with E-state index in [4.69, 9.17) is 4.74 Å². The number of rotatable bonds is 2. The van der Waals surface area contributed by atoms with Gasteiger partial charge in [0.25, 0.3) is 0 Å². The van der Waals surface area contributed by atoms with Crippen molar-refractivity contribution in [2.24, 2.45) is 34.5 Å². The van der Waals surface area contributed by atoms with E-state index in [1.807, 2.05) is 0 Å². The van der Waals surface area contributed by atoms with E-state index in [-0.39, 0.29) is 0 Å². The summed E-state index contributed by atoms with van der Waals surface area (Å²) >= 11 is 0. The fourth-order valence-corrected chi connectivity index (χ4v) is 7.60. The minimum absolute atomic E-state index is 0.569. The van der Waals surface area contributed by atoms with Gasteiger partial charge in [0.2, 0.25) is 0 Å². The lowest BCUT2D eigenvalue weighted by Gasteiger charge is -2.60. The summed E-state index contributed by atoms with van der Waals surface area (Å²) in [4.78, 5) is 0. The second-order valence-corrected chi connectivity index (χ2v) is 9.59. The molecule has 126 valence electrons. The van der Waals surface area contributed by atoms with Gasteiger partial charge in [0.15, 0.2) is 0 Å². The summed E-state index contributed by atoms with van der Waals surface area (Å²) in [5.74, 6) is 4.11. The lowest BCUT2D eigenvalue weighted by molar-refractivity contribution is -0.128. The van der Waals surface area contributed by atoms with Gasteiger partial charge in [-0.05, 0) is 99.2 Å². The first-order valence-electron chi connectivity index (χ1n) is 10.2. The minimum Gasteiger partial charge on any atom is -0.378 e. The Hall–Kier alpha value is -0.0400. The van der Waals surface area contributed by atoms with Crippen LogP contribution in [0.5, 0.6) is 0 Å². The zero-order valence-corrected chi connectivity index (χ0v) is 15.1. The first-order valence-corrected chi connectivity index (χ1v) is 10.2. The van der Waals surface area contributed by atoms with Gasteiger partial charge in [-0.1, -0.05) is 20.3 Å². The van der Waals surface area contributed by atoms with E-state index in [1.165, 1.54) is 57.8 Å². The largest absolute Gasteiger partial charge is 0.378 e. The molecule has 4 rings (SSSR count). The molecule has 0 N–H and O–H groups in total. The van der Waals surface area contributed by atoms with E-state index in [0.717, 1.165) is 30.3 Å². The molecule has 1 heteroatoms. The Labute approximate surface area is 137 Å². The maximum absolute atomic E-state index is 6.00. The Morgan fingerprint density at radius 1 is 0.909 bits per heavy atom. The summed E-state index contributed by atoms with van der Waals surface area (Å²) in [7, 11) is 0. The van der Waals surface area contributed by atoms with Gasteiger partial charge in [0.05, 0.1) is 6.10 Å². The molecule has 1 nitrogen and oxygen atoms in total. The minimum atomic E-state index is 0.569. The second kappa shape index (κ2) is 5.50. The van der Waals surface area contributed by atoms with Crippen molar-refractivity contribution < 1.29 is 4.74 Å². The van der Waals surface area contributed by atoms with Crippen molar-refractivity contribution in [3.63, 3.8) is 0 Å². The van der Waals surface area contributed by atoms with Crippen LogP contribution in [-0.4, -0.2) is 12.7 Å². The normalized spacial score (nSPS) is 54.4. The molecule has 4 aliphatic carbocycles. The Balaban J connectivity index is 1.54. The van der Waals surface area contributed by atoms with Crippen LogP contribution in [0.15, 0.2) is 0 Å². The molecule has 0 unspecified atom stereocenters. The van der Waals surface area contributed by atoms with Crippen molar-refractivity contribution in [3.8, 4) is 0 Å². The van der Waals surface area contributed by atoms with Gasteiger partial charge >= 0.3 is 0 Å². The first kappa shape index (κ1) is 15.5. The molecule has 0 saturated heterocycles. The number of fused-ring (bicyclic) bond motifs is 5. The van der Waals surface area contributed by atoms with E-state index in [1.54, 1.807) is 6.42 Å². The quantitative estimate of drug-likeness (QED) is 0.624. The van der Waals surface area contributed by atoms with Crippen molar-refractivity contribution in [1.29, 1.82) is 0 Å². The van der Waals surface area contributed by atoms with Crippen LogP contribution in [0.1, 0.15) is 85.0 Å². The highest BCUT2D eigenvalue weighted by molar-refractivity contribution is 5.07. The Kier molecular flexibility index (Phi) is 3.87. The fraction of sp³-hybridized carbons (Fsp3) is 1.00. The van der Waals surface area contributed by atoms with E-state index in [9.17, 15) is 0 Å². The number of ether oxygens (including phenoxy) is 1. The van der Waals surface area contributed by atoms with Gasteiger partial charge in [0, 0.05) is 6.61 Å². The van der Waals surface area contributed by atoms with Crippen LogP contribution in [0, 0.1) is 34.5 Å². The Bertz CT molecular complexity index is 418. The third-order valence-corrected chi connectivity index (χ3v) is 8.80. The van der Waals surface area contributed by atoms with Crippen molar-refractivity contribution in [3.05, 3.63) is 0 Å². The van der Waals surface area contributed by atoms with E-state index in [2.05, 4.69) is 20.8 Å². The summed E-state index contributed by atoms with van der Waals surface area (Å²) in [6.45, 7) is 8.36. The van der Waals surface area contributed by atoms with Gasteiger partial charge in [0.1, 0.15) is 0 Å². The second-order valence-electron chi connectivity index (χ2n) is 9.59. The molecule has 0 spiro atoms. The van der Waals surface area contributed by atoms with Crippen LogP contribution in [0.4, 0.5) is 0 Å². The molecule has 0 aromatic carbocycles. The Morgan fingerprint density at radius 2 is 1.77 bits per heavy atom. The average molecular weight is 305 g/mol. The predicted octanol–water partition coefficient (Wildman–Crippen LogP) is 5.82. The van der Waals surface area contributed by atoms with Crippen LogP contribution < -0.4 is 0 Å². The van der Waals surface area contributed by atoms with Crippen LogP contribution in [0.2, 0.25) is 0 Å². The van der Waals surface area contributed by atoms with Crippen LogP contribution >= 0.6 is 0 Å². The summed E-state index contributed by atoms with van der Waals surface area (Å²) < 4.78 is 6.00. The van der Waals surface area contributed by atoms with Gasteiger partial charge in [-0.15, -0.1) is 0 Å². The van der Waals surface area contributed by atoms with E-state index < -0.39 is 0 Å². The molecule has 7 atom stereocenters. The summed E-state index contributed by atoms with van der Waals surface area (Å²) in [5.41, 5.74) is 1.35. The zero-order valence-electron chi connectivity index (χ0n) is 15.1. The van der Waals surface area contributed by atoms with E-state index >= 15 is 0 Å². The third-order valence-electron chi connectivity index (χ3n) is 8.80. The molecule has 0 bridgehead atoms. The van der Waals surface area contributed by atoms with E-state index in [0.29, 0.717) is 16.9 Å². The zero-order chi connectivity index (χ0) is 15.4. The molecular formula is C21H36O. The molecule has 0 amide bonds. The van der Waals surface area contributed by atoms with Crippen molar-refractivity contribution in [2.75, 3.05) is 6.61 Å². The molecule has 0 radical (unpaired) electrons. The fourth-order valence-electron chi connectivity index (χ4n) is 7.60. The maximum Gasteiger partial charge on any atom is 0.0578 e. The highest BCUT2D eigenvalue weighted by atomic mass is 16.5. The van der Waals surface area contributed by atoms with Gasteiger partial charge < -0.3 is 4.74 Å². The summed E-state index contributed by atoms with van der Waals surface area (Å²) in [6.07, 6.45) is 15.3. The van der Waals surface area contributed by atoms with Crippen molar-refractivity contribution in [2.45, 2.75) is 91.1 Å². The SMILES string of the molecule is CCO[C@@H]1CC[C@@]2(C)[C@@H](CC[C@@H]3[C@H]2CC[C@]2(C)CCC[C@@H]32)C1. The average Bonchev–Trinajstić information content (AvgIpc) is 2.89. The lowest BCUT2D eigenvalue weighted by atomic mass is 9.45. The predicted molar refractivity (Wildman–Crippen MR) is 91.8 cm³/mol. The first-order chi connectivity index (χ1) is 10.6. The summed E-state index contributed by atoms with van der Waals surface area (Å²) in [5, 5.41) is 0. The molecule has 0 aliphatic heterocycles.